The summed E-state index contributed by atoms with van der Waals surface area (Å²) in [5.41, 5.74) is 0.451. The van der Waals surface area contributed by atoms with Crippen LogP contribution in [0.15, 0.2) is 42.5 Å². The second-order valence-corrected chi connectivity index (χ2v) is 6.40. The third-order valence-electron chi connectivity index (χ3n) is 3.92. The highest BCUT2D eigenvalue weighted by molar-refractivity contribution is 6.33. The first-order chi connectivity index (χ1) is 12.2. The van der Waals surface area contributed by atoms with E-state index in [0.29, 0.717) is 22.1 Å². The van der Waals surface area contributed by atoms with Gasteiger partial charge in [-0.1, -0.05) is 50.6 Å². The van der Waals surface area contributed by atoms with Gasteiger partial charge in [0.25, 0.3) is 0 Å². The molecule has 4 heteroatoms. The second-order valence-electron chi connectivity index (χ2n) is 5.99. The van der Waals surface area contributed by atoms with Gasteiger partial charge in [0.1, 0.15) is 17.2 Å². The smallest absolute Gasteiger partial charge is 0.151 e. The van der Waals surface area contributed by atoms with E-state index < -0.39 is 0 Å². The molecule has 0 unspecified atom stereocenters. The molecule has 0 spiro atoms. The van der Waals surface area contributed by atoms with Gasteiger partial charge in [-0.2, -0.15) is 0 Å². The molecule has 2 aromatic carbocycles. The minimum Gasteiger partial charge on any atom is -0.494 e. The van der Waals surface area contributed by atoms with E-state index in [4.69, 9.17) is 21.1 Å². The van der Waals surface area contributed by atoms with E-state index >= 15 is 0 Å². The average Bonchev–Trinajstić information content (AvgIpc) is 2.62. The predicted octanol–water partition coefficient (Wildman–Crippen LogP) is 6.68. The van der Waals surface area contributed by atoms with Gasteiger partial charge in [0.05, 0.1) is 11.6 Å². The number of rotatable bonds is 11. The first-order valence-corrected chi connectivity index (χ1v) is 9.26. The fourth-order valence-electron chi connectivity index (χ4n) is 2.48. The number of hydrogen-bond donors (Lipinski definition) is 0. The van der Waals surface area contributed by atoms with E-state index in [2.05, 4.69) is 6.92 Å². The molecule has 2 aromatic rings. The Hall–Kier alpha value is -2.00. The van der Waals surface area contributed by atoms with Crippen molar-refractivity contribution in [2.75, 3.05) is 6.61 Å². The largest absolute Gasteiger partial charge is 0.494 e. The number of carbonyl (C=O) groups is 1. The van der Waals surface area contributed by atoms with Crippen LogP contribution in [0, 0.1) is 0 Å². The number of ether oxygens (including phenoxy) is 2. The lowest BCUT2D eigenvalue weighted by Gasteiger charge is -2.09. The number of aldehydes is 1. The Morgan fingerprint density at radius 2 is 1.52 bits per heavy atom. The predicted molar refractivity (Wildman–Crippen MR) is 102 cm³/mol. The minimum absolute atomic E-state index is 0.381. The van der Waals surface area contributed by atoms with Crippen molar-refractivity contribution < 1.29 is 14.3 Å². The van der Waals surface area contributed by atoms with Crippen LogP contribution in [0.25, 0.3) is 0 Å². The maximum absolute atomic E-state index is 10.8. The van der Waals surface area contributed by atoms with Crippen molar-refractivity contribution in [2.45, 2.75) is 45.4 Å². The van der Waals surface area contributed by atoms with Crippen LogP contribution >= 0.6 is 11.6 Å². The van der Waals surface area contributed by atoms with Crippen molar-refractivity contribution in [3.8, 4) is 17.2 Å². The Kier molecular flexibility index (Phi) is 8.33. The van der Waals surface area contributed by atoms with E-state index in [1.165, 1.54) is 32.1 Å². The van der Waals surface area contributed by atoms with Crippen molar-refractivity contribution in [2.24, 2.45) is 0 Å². The van der Waals surface area contributed by atoms with Gasteiger partial charge >= 0.3 is 0 Å². The summed E-state index contributed by atoms with van der Waals surface area (Å²) in [7, 11) is 0. The lowest BCUT2D eigenvalue weighted by Crippen LogP contribution is -1.97. The second kappa shape index (κ2) is 10.8. The molecule has 0 fully saturated rings. The van der Waals surface area contributed by atoms with Gasteiger partial charge in [0, 0.05) is 11.6 Å². The Morgan fingerprint density at radius 1 is 0.880 bits per heavy atom. The molecule has 25 heavy (non-hydrogen) atoms. The van der Waals surface area contributed by atoms with Crippen molar-refractivity contribution >= 4 is 17.9 Å². The molecule has 0 amide bonds. The van der Waals surface area contributed by atoms with Crippen molar-refractivity contribution in [3.05, 3.63) is 53.1 Å². The van der Waals surface area contributed by atoms with Gasteiger partial charge in [-0.15, -0.1) is 0 Å². The summed E-state index contributed by atoms with van der Waals surface area (Å²) < 4.78 is 11.5. The monoisotopic (exact) mass is 360 g/mol. The maximum Gasteiger partial charge on any atom is 0.151 e. The zero-order valence-electron chi connectivity index (χ0n) is 14.7. The Morgan fingerprint density at radius 3 is 2.20 bits per heavy atom. The lowest BCUT2D eigenvalue weighted by atomic mass is 10.1. The topological polar surface area (TPSA) is 35.5 Å². The van der Waals surface area contributed by atoms with Crippen LogP contribution in [0.4, 0.5) is 0 Å². The number of halogens is 1. The summed E-state index contributed by atoms with van der Waals surface area (Å²) in [6.45, 7) is 2.97. The van der Waals surface area contributed by atoms with Crippen LogP contribution in [-0.4, -0.2) is 12.9 Å². The fourth-order valence-corrected chi connectivity index (χ4v) is 2.69. The van der Waals surface area contributed by atoms with Crippen LogP contribution in [0.2, 0.25) is 5.02 Å². The molecule has 0 saturated heterocycles. The highest BCUT2D eigenvalue weighted by atomic mass is 35.5. The number of unbranched alkanes of at least 4 members (excludes halogenated alkanes) is 5. The number of benzene rings is 2. The molecule has 0 radical (unpaired) electrons. The van der Waals surface area contributed by atoms with Crippen molar-refractivity contribution in [1.82, 2.24) is 0 Å². The summed E-state index contributed by atoms with van der Waals surface area (Å²) in [6, 6.07) is 12.5. The zero-order chi connectivity index (χ0) is 17.9. The van der Waals surface area contributed by atoms with Crippen LogP contribution < -0.4 is 9.47 Å². The fraction of sp³-hybridized carbons (Fsp3) is 0.381. The molecule has 0 N–H and O–H groups in total. The van der Waals surface area contributed by atoms with E-state index in [9.17, 15) is 4.79 Å². The molecule has 0 saturated carbocycles. The Bertz CT molecular complexity index is 653. The van der Waals surface area contributed by atoms with Crippen LogP contribution in [0.3, 0.4) is 0 Å². The summed E-state index contributed by atoms with van der Waals surface area (Å²) in [5, 5.41) is 0.381. The molecule has 0 aliphatic rings. The highest BCUT2D eigenvalue weighted by Gasteiger charge is 2.03. The van der Waals surface area contributed by atoms with Crippen molar-refractivity contribution in [1.29, 1.82) is 0 Å². The third kappa shape index (κ3) is 6.79. The normalized spacial score (nSPS) is 10.5. The van der Waals surface area contributed by atoms with Gasteiger partial charge in [0.15, 0.2) is 6.29 Å². The molecule has 0 atom stereocenters. The zero-order valence-corrected chi connectivity index (χ0v) is 15.4. The quantitative estimate of drug-likeness (QED) is 0.331. The lowest BCUT2D eigenvalue weighted by molar-refractivity contribution is 0.112. The molecule has 0 heterocycles. The first kappa shape index (κ1) is 19.3. The molecule has 0 aromatic heterocycles. The third-order valence-corrected chi connectivity index (χ3v) is 4.25. The molecular formula is C21H25ClO3. The molecule has 0 aliphatic heterocycles. The Balaban J connectivity index is 1.76. The van der Waals surface area contributed by atoms with Gasteiger partial charge in [-0.05, 0) is 42.8 Å². The molecular weight excluding hydrogens is 336 g/mol. The van der Waals surface area contributed by atoms with Gasteiger partial charge in [-0.3, -0.25) is 4.79 Å². The summed E-state index contributed by atoms with van der Waals surface area (Å²) >= 11 is 6.00. The van der Waals surface area contributed by atoms with Crippen molar-refractivity contribution in [3.63, 3.8) is 0 Å². The average molecular weight is 361 g/mol. The van der Waals surface area contributed by atoms with E-state index in [-0.39, 0.29) is 0 Å². The Labute approximate surface area is 154 Å². The summed E-state index contributed by atoms with van der Waals surface area (Å²) in [6.07, 6.45) is 8.24. The minimum atomic E-state index is 0.381. The first-order valence-electron chi connectivity index (χ1n) is 8.88. The molecule has 2 rings (SSSR count). The van der Waals surface area contributed by atoms with Gasteiger partial charge in [-0.25, -0.2) is 0 Å². The standard InChI is InChI=1S/C21H25ClO3/c1-2-3-4-5-6-7-14-24-18-10-12-19(13-11-18)25-20-9-8-17(16-23)21(22)15-20/h8-13,15-16H,2-7,14H2,1H3. The van der Waals surface area contributed by atoms with E-state index in [1.54, 1.807) is 18.2 Å². The molecule has 0 bridgehead atoms. The number of carbonyl (C=O) groups excluding carboxylic acids is 1. The van der Waals surface area contributed by atoms with E-state index in [0.717, 1.165) is 25.1 Å². The summed E-state index contributed by atoms with van der Waals surface area (Å²) in [4.78, 5) is 10.8. The van der Waals surface area contributed by atoms with Crippen LogP contribution in [-0.2, 0) is 0 Å². The SMILES string of the molecule is CCCCCCCCOc1ccc(Oc2ccc(C=O)c(Cl)c2)cc1. The van der Waals surface area contributed by atoms with Crippen LogP contribution in [0.5, 0.6) is 17.2 Å². The van der Waals surface area contributed by atoms with Gasteiger partial charge < -0.3 is 9.47 Å². The molecule has 3 nitrogen and oxygen atoms in total. The molecule has 134 valence electrons. The number of hydrogen-bond acceptors (Lipinski definition) is 3. The van der Waals surface area contributed by atoms with Crippen LogP contribution in [0.1, 0.15) is 55.8 Å². The maximum atomic E-state index is 10.8. The summed E-state index contributed by atoms with van der Waals surface area (Å²) in [5.74, 6) is 2.13. The highest BCUT2D eigenvalue weighted by Crippen LogP contribution is 2.27. The molecule has 0 aliphatic carbocycles. The van der Waals surface area contributed by atoms with E-state index in [1.807, 2.05) is 24.3 Å². The van der Waals surface area contributed by atoms with Gasteiger partial charge in [0.2, 0.25) is 0 Å².